The first kappa shape index (κ1) is 18.5. The van der Waals surface area contributed by atoms with Gasteiger partial charge in [0, 0.05) is 18.5 Å². The molecular weight excluding hydrogens is 317 g/mol. The summed E-state index contributed by atoms with van der Waals surface area (Å²) in [5, 5.41) is 11.5. The van der Waals surface area contributed by atoms with E-state index in [2.05, 4.69) is 4.90 Å². The molecule has 130 valence electrons. The molecule has 5 heteroatoms. The molecule has 0 amide bonds. The van der Waals surface area contributed by atoms with Crippen LogP contribution in [0, 0.1) is 23.6 Å². The Balaban J connectivity index is 0.00000192. The molecule has 0 aliphatic heterocycles. The Morgan fingerprint density at radius 1 is 1.30 bits per heavy atom. The zero-order valence-electron chi connectivity index (χ0n) is 14.1. The molecular formula is C18H27ClFNO2. The third-order valence-electron chi connectivity index (χ3n) is 5.53. The average Bonchev–Trinajstić information content (AvgIpc) is 2.86. The summed E-state index contributed by atoms with van der Waals surface area (Å²) in [6.07, 6.45) is 4.29. The molecule has 4 unspecified atom stereocenters. The van der Waals surface area contributed by atoms with Gasteiger partial charge in [0.1, 0.15) is 11.6 Å². The molecule has 1 N–H and O–H groups in total. The standard InChI is InChI=1S/C18H26FNO2.ClH/c1-20(2)11-17-13-5-4-12(6-13)10-18(17,21)14-7-15(19)9-16(8-14)22-3;/h7-9,12-13,17,21H,4-6,10-11H2,1-3H3;1H. The van der Waals surface area contributed by atoms with E-state index < -0.39 is 5.60 Å². The molecule has 3 rings (SSSR count). The Morgan fingerprint density at radius 3 is 2.70 bits per heavy atom. The van der Waals surface area contributed by atoms with Crippen LogP contribution < -0.4 is 4.74 Å². The predicted molar refractivity (Wildman–Crippen MR) is 91.6 cm³/mol. The predicted octanol–water partition coefficient (Wildman–Crippen LogP) is 3.44. The minimum absolute atomic E-state index is 0. The fourth-order valence-corrected chi connectivity index (χ4v) is 4.60. The van der Waals surface area contributed by atoms with Crippen LogP contribution in [0.3, 0.4) is 0 Å². The van der Waals surface area contributed by atoms with Crippen molar-refractivity contribution in [3.8, 4) is 5.75 Å². The lowest BCUT2D eigenvalue weighted by Gasteiger charge is -2.45. The molecule has 0 heterocycles. The minimum atomic E-state index is -0.955. The van der Waals surface area contributed by atoms with Gasteiger partial charge in [0.2, 0.25) is 0 Å². The smallest absolute Gasteiger partial charge is 0.127 e. The lowest BCUT2D eigenvalue weighted by atomic mass is 9.66. The summed E-state index contributed by atoms with van der Waals surface area (Å²) in [6, 6.07) is 4.65. The van der Waals surface area contributed by atoms with Gasteiger partial charge in [-0.2, -0.15) is 0 Å². The molecule has 3 nitrogen and oxygen atoms in total. The second-order valence-corrected chi connectivity index (χ2v) is 7.32. The zero-order chi connectivity index (χ0) is 15.9. The zero-order valence-corrected chi connectivity index (χ0v) is 14.9. The molecule has 0 spiro atoms. The van der Waals surface area contributed by atoms with E-state index in [0.29, 0.717) is 23.1 Å². The normalized spacial score (nSPS) is 32.7. The van der Waals surface area contributed by atoms with E-state index >= 15 is 0 Å². The lowest BCUT2D eigenvalue weighted by Crippen LogP contribution is -2.47. The van der Waals surface area contributed by atoms with E-state index in [-0.39, 0.29) is 24.1 Å². The van der Waals surface area contributed by atoms with E-state index in [1.165, 1.54) is 38.5 Å². The Hall–Kier alpha value is -0.840. The first-order valence-electron chi connectivity index (χ1n) is 8.14. The Kier molecular flexibility index (Phi) is 5.59. The number of fused-ring (bicyclic) bond motifs is 2. The van der Waals surface area contributed by atoms with Gasteiger partial charge in [0.15, 0.2) is 0 Å². The number of benzene rings is 1. The summed E-state index contributed by atoms with van der Waals surface area (Å²) >= 11 is 0. The lowest BCUT2D eigenvalue weighted by molar-refractivity contribution is -0.0893. The van der Waals surface area contributed by atoms with Gasteiger partial charge in [-0.1, -0.05) is 6.42 Å². The van der Waals surface area contributed by atoms with Gasteiger partial charge in [-0.15, -0.1) is 12.4 Å². The maximum absolute atomic E-state index is 13.9. The van der Waals surface area contributed by atoms with Crippen LogP contribution in [0.2, 0.25) is 0 Å². The van der Waals surface area contributed by atoms with Crippen molar-refractivity contribution in [3.63, 3.8) is 0 Å². The molecule has 2 bridgehead atoms. The number of halogens is 2. The summed E-state index contributed by atoms with van der Waals surface area (Å²) in [5.74, 6) is 1.37. The SMILES string of the molecule is COc1cc(F)cc(C2(O)CC3CCC(C3)C2CN(C)C)c1.Cl. The number of ether oxygens (including phenoxy) is 1. The first-order chi connectivity index (χ1) is 10.4. The maximum atomic E-state index is 13.9. The third-order valence-corrected chi connectivity index (χ3v) is 5.53. The van der Waals surface area contributed by atoms with Gasteiger partial charge in [-0.3, -0.25) is 0 Å². The summed E-state index contributed by atoms with van der Waals surface area (Å²) in [7, 11) is 5.60. The van der Waals surface area contributed by atoms with Crippen LogP contribution in [0.15, 0.2) is 18.2 Å². The highest BCUT2D eigenvalue weighted by molar-refractivity contribution is 5.85. The first-order valence-corrected chi connectivity index (χ1v) is 8.14. The topological polar surface area (TPSA) is 32.7 Å². The summed E-state index contributed by atoms with van der Waals surface area (Å²) in [6.45, 7) is 0.826. The number of aliphatic hydroxyl groups is 1. The van der Waals surface area contributed by atoms with Gasteiger partial charge in [-0.05, 0) is 62.9 Å². The number of hydrogen-bond donors (Lipinski definition) is 1. The monoisotopic (exact) mass is 343 g/mol. The van der Waals surface area contributed by atoms with Crippen LogP contribution in [0.25, 0.3) is 0 Å². The van der Waals surface area contributed by atoms with Crippen molar-refractivity contribution in [1.82, 2.24) is 4.90 Å². The number of rotatable bonds is 4. The molecule has 23 heavy (non-hydrogen) atoms. The van der Waals surface area contributed by atoms with E-state index in [1.54, 1.807) is 6.07 Å². The van der Waals surface area contributed by atoms with Gasteiger partial charge in [0.25, 0.3) is 0 Å². The Labute approximate surface area is 144 Å². The molecule has 2 saturated carbocycles. The molecule has 0 radical (unpaired) electrons. The molecule has 2 aliphatic rings. The van der Waals surface area contributed by atoms with Crippen molar-refractivity contribution < 1.29 is 14.2 Å². The molecule has 4 atom stereocenters. The average molecular weight is 344 g/mol. The minimum Gasteiger partial charge on any atom is -0.497 e. The van der Waals surface area contributed by atoms with E-state index in [9.17, 15) is 9.50 Å². The maximum Gasteiger partial charge on any atom is 0.127 e. The van der Waals surface area contributed by atoms with Crippen molar-refractivity contribution >= 4 is 12.4 Å². The van der Waals surface area contributed by atoms with Crippen LogP contribution in [0.1, 0.15) is 31.2 Å². The van der Waals surface area contributed by atoms with Crippen LogP contribution in [0.4, 0.5) is 4.39 Å². The van der Waals surface area contributed by atoms with Crippen LogP contribution in [0.5, 0.6) is 5.75 Å². The molecule has 0 aromatic heterocycles. The summed E-state index contributed by atoms with van der Waals surface area (Å²) in [5.41, 5.74) is -0.281. The molecule has 2 aliphatic carbocycles. The number of hydrogen-bond acceptors (Lipinski definition) is 3. The van der Waals surface area contributed by atoms with Gasteiger partial charge in [-0.25, -0.2) is 4.39 Å². The second kappa shape index (κ2) is 6.96. The Bertz CT molecular complexity index is 554. The second-order valence-electron chi connectivity index (χ2n) is 7.32. The highest BCUT2D eigenvalue weighted by Gasteiger charge is 2.51. The van der Waals surface area contributed by atoms with Gasteiger partial charge < -0.3 is 14.7 Å². The molecule has 2 fully saturated rings. The summed E-state index contributed by atoms with van der Waals surface area (Å²) < 4.78 is 19.1. The molecule has 1 aromatic rings. The van der Waals surface area contributed by atoms with Crippen molar-refractivity contribution in [2.75, 3.05) is 27.7 Å². The van der Waals surface area contributed by atoms with Crippen molar-refractivity contribution in [3.05, 3.63) is 29.6 Å². The van der Waals surface area contributed by atoms with E-state index in [4.69, 9.17) is 4.74 Å². The highest BCUT2D eigenvalue weighted by Crippen LogP contribution is 2.54. The summed E-state index contributed by atoms with van der Waals surface area (Å²) in [4.78, 5) is 2.13. The van der Waals surface area contributed by atoms with E-state index in [0.717, 1.165) is 13.0 Å². The van der Waals surface area contributed by atoms with Crippen LogP contribution in [-0.2, 0) is 5.60 Å². The molecule has 1 aromatic carbocycles. The van der Waals surface area contributed by atoms with Crippen molar-refractivity contribution in [2.24, 2.45) is 17.8 Å². The quantitative estimate of drug-likeness (QED) is 0.909. The number of methoxy groups -OCH3 is 1. The van der Waals surface area contributed by atoms with Crippen molar-refractivity contribution in [1.29, 1.82) is 0 Å². The van der Waals surface area contributed by atoms with Crippen LogP contribution in [-0.4, -0.2) is 37.8 Å². The number of nitrogens with zero attached hydrogens (tertiary/aromatic N) is 1. The third kappa shape index (κ3) is 3.49. The fraction of sp³-hybridized carbons (Fsp3) is 0.667. The fourth-order valence-electron chi connectivity index (χ4n) is 4.60. The largest absolute Gasteiger partial charge is 0.497 e. The van der Waals surface area contributed by atoms with Crippen LogP contribution >= 0.6 is 12.4 Å². The van der Waals surface area contributed by atoms with Crippen molar-refractivity contribution in [2.45, 2.75) is 31.3 Å². The molecule has 0 saturated heterocycles. The van der Waals surface area contributed by atoms with Gasteiger partial charge >= 0.3 is 0 Å². The Morgan fingerprint density at radius 2 is 2.04 bits per heavy atom. The highest BCUT2D eigenvalue weighted by atomic mass is 35.5. The van der Waals surface area contributed by atoms with E-state index in [1.807, 2.05) is 14.1 Å². The van der Waals surface area contributed by atoms with Gasteiger partial charge in [0.05, 0.1) is 12.7 Å².